The van der Waals surface area contributed by atoms with Crippen LogP contribution in [-0.2, 0) is 6.54 Å². The third-order valence-corrected chi connectivity index (χ3v) is 3.70. The minimum Gasteiger partial charge on any atom is -0.336 e. The van der Waals surface area contributed by atoms with Gasteiger partial charge in [0.15, 0.2) is 0 Å². The molecule has 0 spiro atoms. The van der Waals surface area contributed by atoms with Crippen molar-refractivity contribution in [2.45, 2.75) is 6.54 Å². The Morgan fingerprint density at radius 2 is 1.76 bits per heavy atom. The van der Waals surface area contributed by atoms with Crippen LogP contribution in [0.25, 0.3) is 0 Å². The number of aromatic nitrogens is 2. The van der Waals surface area contributed by atoms with Crippen LogP contribution in [-0.4, -0.2) is 51.9 Å². The normalized spacial score (nSPS) is 15.9. The molecule has 3 rings (SSSR count). The summed E-state index contributed by atoms with van der Waals surface area (Å²) in [5.74, 6) is 0.0925. The Balaban J connectivity index is 1.54. The van der Waals surface area contributed by atoms with E-state index >= 15 is 0 Å². The molecule has 0 bridgehead atoms. The summed E-state index contributed by atoms with van der Waals surface area (Å²) in [6, 6.07) is 9.50. The molecule has 0 atom stereocenters. The van der Waals surface area contributed by atoms with Gasteiger partial charge >= 0.3 is 0 Å². The van der Waals surface area contributed by atoms with E-state index in [2.05, 4.69) is 14.9 Å². The molecule has 2 aromatic heterocycles. The molecule has 5 heteroatoms. The van der Waals surface area contributed by atoms with Gasteiger partial charge < -0.3 is 4.90 Å². The van der Waals surface area contributed by atoms with Crippen LogP contribution in [0.3, 0.4) is 0 Å². The lowest BCUT2D eigenvalue weighted by Gasteiger charge is -2.34. The average Bonchev–Trinajstić information content (AvgIpc) is 2.57. The van der Waals surface area contributed by atoms with E-state index in [1.54, 1.807) is 24.5 Å². The molecule has 1 amide bonds. The minimum atomic E-state index is 0.0925. The zero-order chi connectivity index (χ0) is 14.5. The van der Waals surface area contributed by atoms with Gasteiger partial charge in [-0.1, -0.05) is 6.07 Å². The van der Waals surface area contributed by atoms with Gasteiger partial charge in [-0.15, -0.1) is 0 Å². The van der Waals surface area contributed by atoms with Crippen molar-refractivity contribution in [1.82, 2.24) is 19.8 Å². The molecule has 5 nitrogen and oxygen atoms in total. The Bertz CT molecular complexity index is 580. The van der Waals surface area contributed by atoms with Crippen molar-refractivity contribution in [3.05, 3.63) is 60.2 Å². The summed E-state index contributed by atoms with van der Waals surface area (Å²) in [5.41, 5.74) is 1.79. The van der Waals surface area contributed by atoms with Crippen molar-refractivity contribution in [2.24, 2.45) is 0 Å². The van der Waals surface area contributed by atoms with Crippen LogP contribution >= 0.6 is 0 Å². The lowest BCUT2D eigenvalue weighted by molar-refractivity contribution is 0.0627. The predicted octanol–water partition coefficient (Wildman–Crippen LogP) is 1.43. The Morgan fingerprint density at radius 3 is 2.43 bits per heavy atom. The zero-order valence-corrected chi connectivity index (χ0v) is 11.9. The van der Waals surface area contributed by atoms with Gasteiger partial charge in [0.2, 0.25) is 0 Å². The van der Waals surface area contributed by atoms with Crippen molar-refractivity contribution in [3.63, 3.8) is 0 Å². The number of rotatable bonds is 3. The molecule has 1 aliphatic rings. The molecule has 1 saturated heterocycles. The number of nitrogens with zero attached hydrogens (tertiary/aromatic N) is 4. The highest BCUT2D eigenvalue weighted by atomic mass is 16.2. The van der Waals surface area contributed by atoms with Crippen LogP contribution in [0, 0.1) is 0 Å². The standard InChI is InChI=1S/C16H18N4O/c21-16(14-4-7-17-8-5-14)20-11-9-19(10-12-20)13-15-3-1-2-6-18-15/h1-8H,9-13H2. The topological polar surface area (TPSA) is 49.3 Å². The zero-order valence-electron chi connectivity index (χ0n) is 11.9. The molecule has 1 fully saturated rings. The summed E-state index contributed by atoms with van der Waals surface area (Å²) < 4.78 is 0. The van der Waals surface area contributed by atoms with Gasteiger partial charge in [-0.3, -0.25) is 19.7 Å². The summed E-state index contributed by atoms with van der Waals surface area (Å²) in [6.45, 7) is 4.13. The molecule has 0 aromatic carbocycles. The first-order valence-electron chi connectivity index (χ1n) is 7.14. The smallest absolute Gasteiger partial charge is 0.254 e. The monoisotopic (exact) mass is 282 g/mol. The second-order valence-electron chi connectivity index (χ2n) is 5.13. The highest BCUT2D eigenvalue weighted by Gasteiger charge is 2.22. The van der Waals surface area contributed by atoms with Crippen LogP contribution < -0.4 is 0 Å². The van der Waals surface area contributed by atoms with E-state index in [1.807, 2.05) is 29.3 Å². The first-order chi connectivity index (χ1) is 10.3. The summed E-state index contributed by atoms with van der Waals surface area (Å²) in [6.07, 6.45) is 5.13. The van der Waals surface area contributed by atoms with E-state index < -0.39 is 0 Å². The second-order valence-corrected chi connectivity index (χ2v) is 5.13. The maximum Gasteiger partial charge on any atom is 0.254 e. The highest BCUT2D eigenvalue weighted by molar-refractivity contribution is 5.94. The molecule has 0 N–H and O–H groups in total. The van der Waals surface area contributed by atoms with Crippen LogP contribution in [0.5, 0.6) is 0 Å². The molecule has 0 radical (unpaired) electrons. The molecule has 108 valence electrons. The van der Waals surface area contributed by atoms with E-state index in [-0.39, 0.29) is 5.91 Å². The van der Waals surface area contributed by atoms with Crippen molar-refractivity contribution in [3.8, 4) is 0 Å². The lowest BCUT2D eigenvalue weighted by Crippen LogP contribution is -2.48. The molecule has 3 heterocycles. The average molecular weight is 282 g/mol. The number of hydrogen-bond acceptors (Lipinski definition) is 4. The number of hydrogen-bond donors (Lipinski definition) is 0. The Hall–Kier alpha value is -2.27. The van der Waals surface area contributed by atoms with Crippen LogP contribution in [0.15, 0.2) is 48.9 Å². The lowest BCUT2D eigenvalue weighted by atomic mass is 10.2. The Kier molecular flexibility index (Phi) is 4.21. The second kappa shape index (κ2) is 6.45. The largest absolute Gasteiger partial charge is 0.336 e. The van der Waals surface area contributed by atoms with E-state index in [4.69, 9.17) is 0 Å². The third kappa shape index (κ3) is 3.44. The van der Waals surface area contributed by atoms with Gasteiger partial charge in [-0.05, 0) is 24.3 Å². The quantitative estimate of drug-likeness (QED) is 0.854. The van der Waals surface area contributed by atoms with Crippen molar-refractivity contribution < 1.29 is 4.79 Å². The highest BCUT2D eigenvalue weighted by Crippen LogP contribution is 2.10. The van der Waals surface area contributed by atoms with Crippen molar-refractivity contribution in [2.75, 3.05) is 26.2 Å². The summed E-state index contributed by atoms with van der Waals surface area (Å²) >= 11 is 0. The molecule has 1 aliphatic heterocycles. The predicted molar refractivity (Wildman–Crippen MR) is 79.7 cm³/mol. The SMILES string of the molecule is O=C(c1ccncc1)N1CCN(Cc2ccccn2)CC1. The molecular formula is C16H18N4O. The fourth-order valence-electron chi connectivity index (χ4n) is 2.51. The first kappa shape index (κ1) is 13.7. The number of carbonyl (C=O) groups is 1. The number of pyridine rings is 2. The van der Waals surface area contributed by atoms with E-state index in [1.165, 1.54) is 0 Å². The molecule has 0 unspecified atom stereocenters. The molecule has 0 aliphatic carbocycles. The number of amides is 1. The summed E-state index contributed by atoms with van der Waals surface area (Å²) in [7, 11) is 0. The van der Waals surface area contributed by atoms with Crippen molar-refractivity contribution >= 4 is 5.91 Å². The van der Waals surface area contributed by atoms with Gasteiger partial charge in [0.1, 0.15) is 0 Å². The van der Waals surface area contributed by atoms with Gasteiger partial charge in [0.05, 0.1) is 5.69 Å². The summed E-state index contributed by atoms with van der Waals surface area (Å²) in [4.78, 5) is 24.9. The Labute approximate surface area is 124 Å². The molecular weight excluding hydrogens is 264 g/mol. The van der Waals surface area contributed by atoms with Crippen molar-refractivity contribution in [1.29, 1.82) is 0 Å². The Morgan fingerprint density at radius 1 is 1.00 bits per heavy atom. The minimum absolute atomic E-state index is 0.0925. The maximum atomic E-state index is 12.3. The number of piperazine rings is 1. The third-order valence-electron chi connectivity index (χ3n) is 3.70. The van der Waals surface area contributed by atoms with Crippen LogP contribution in [0.2, 0.25) is 0 Å². The first-order valence-corrected chi connectivity index (χ1v) is 7.14. The maximum absolute atomic E-state index is 12.3. The van der Waals surface area contributed by atoms with Gasteiger partial charge in [0, 0.05) is 56.9 Å². The fourth-order valence-corrected chi connectivity index (χ4v) is 2.51. The molecule has 2 aromatic rings. The van der Waals surface area contributed by atoms with Gasteiger partial charge in [0.25, 0.3) is 5.91 Å². The van der Waals surface area contributed by atoms with Gasteiger partial charge in [-0.2, -0.15) is 0 Å². The molecule has 0 saturated carbocycles. The van der Waals surface area contributed by atoms with Crippen LogP contribution in [0.1, 0.15) is 16.1 Å². The summed E-state index contributed by atoms with van der Waals surface area (Å²) in [5, 5.41) is 0. The van der Waals surface area contributed by atoms with Gasteiger partial charge in [-0.25, -0.2) is 0 Å². The fraction of sp³-hybridized carbons (Fsp3) is 0.312. The van der Waals surface area contributed by atoms with Crippen LogP contribution in [0.4, 0.5) is 0 Å². The number of carbonyl (C=O) groups excluding carboxylic acids is 1. The van der Waals surface area contributed by atoms with E-state index in [0.29, 0.717) is 5.56 Å². The van der Waals surface area contributed by atoms with E-state index in [9.17, 15) is 4.79 Å². The van der Waals surface area contributed by atoms with E-state index in [0.717, 1.165) is 38.4 Å². The molecule has 21 heavy (non-hydrogen) atoms.